The summed E-state index contributed by atoms with van der Waals surface area (Å²) in [6, 6.07) is 8.70. The first-order chi connectivity index (χ1) is 29.4. The number of aromatic nitrogens is 4. The Morgan fingerprint density at radius 2 is 1.56 bits per heavy atom. The van der Waals surface area contributed by atoms with E-state index in [9.17, 15) is 19.2 Å². The molecule has 4 aromatic rings. The minimum Gasteiger partial charge on any atom is -0.488 e. The van der Waals surface area contributed by atoms with Gasteiger partial charge >= 0.3 is 12.2 Å². The zero-order chi connectivity index (χ0) is 43.1. The van der Waals surface area contributed by atoms with E-state index in [1.54, 1.807) is 7.11 Å². The first-order valence-corrected chi connectivity index (χ1v) is 21.2. The van der Waals surface area contributed by atoms with E-state index >= 15 is 0 Å². The van der Waals surface area contributed by atoms with E-state index in [2.05, 4.69) is 50.9 Å². The number of rotatable bonds is 11. The Hall–Kier alpha value is -5.90. The van der Waals surface area contributed by atoms with E-state index in [0.717, 1.165) is 82.2 Å². The second-order valence-electron chi connectivity index (χ2n) is 17.3. The Kier molecular flexibility index (Phi) is 11.8. The lowest BCUT2D eigenvalue weighted by Crippen LogP contribution is -2.51. The molecular formula is C45H56N8O8. The molecule has 4 N–H and O–H groups in total. The van der Waals surface area contributed by atoms with Gasteiger partial charge in [-0.1, -0.05) is 39.8 Å². The molecule has 61 heavy (non-hydrogen) atoms. The SMILES string of the molecule is COC[C@H]1C[C@@H](c2nc3c([nH]2)CCc2cc4c(cc2-3)OCc2cc(-c3cnc([C@@H]5CCCN5C(=O)C(NC(=O)OC)C(C)C)[nH]3)ccc2-4)N(C(=O)[C@@H](NC(=O)OC)C(C)C)C1. The second kappa shape index (κ2) is 17.2. The molecule has 4 aliphatic rings. The van der Waals surface area contributed by atoms with E-state index in [1.165, 1.54) is 19.8 Å². The van der Waals surface area contributed by atoms with Crippen molar-refractivity contribution < 1.29 is 38.1 Å². The standard InChI is InChI=1S/C45H56N8O8/c1-23(2)37(50-44(56)59-6)42(54)52-14-8-9-34(52)40-46-19-33(48-40)27-10-12-29-28(16-27)22-61-36-18-30-26(17-31(29)36)11-13-32-39(30)49-41(47-32)35-15-25(21-58-5)20-53(35)43(55)38(24(3)4)51-45(57)60-7/h10,12,16-19,23-25,34-35,37-38H,8-9,11,13-15,20-22H2,1-7H3,(H,46,48)(H,47,49)(H,50,56)(H,51,57)/t25-,34-,35-,37?,38-/m0/s1. The van der Waals surface area contributed by atoms with Crippen molar-refractivity contribution in [1.29, 1.82) is 0 Å². The molecule has 1 aliphatic carbocycles. The van der Waals surface area contributed by atoms with Gasteiger partial charge in [-0.2, -0.15) is 0 Å². The molecule has 5 atom stereocenters. The molecule has 2 saturated heterocycles. The van der Waals surface area contributed by atoms with E-state index in [4.69, 9.17) is 28.9 Å². The van der Waals surface area contributed by atoms with Crippen LogP contribution in [0.15, 0.2) is 36.5 Å². The van der Waals surface area contributed by atoms with Gasteiger partial charge in [-0.25, -0.2) is 19.6 Å². The van der Waals surface area contributed by atoms with Crippen molar-refractivity contribution in [2.24, 2.45) is 17.8 Å². The fraction of sp³-hybridized carbons (Fsp3) is 0.511. The molecule has 5 heterocycles. The van der Waals surface area contributed by atoms with Crippen LogP contribution in [0.1, 0.15) is 87.5 Å². The smallest absolute Gasteiger partial charge is 0.407 e. The third kappa shape index (κ3) is 8.05. The molecule has 0 radical (unpaired) electrons. The maximum absolute atomic E-state index is 14.1. The van der Waals surface area contributed by atoms with E-state index in [-0.39, 0.29) is 41.7 Å². The fourth-order valence-corrected chi connectivity index (χ4v) is 9.44. The average molecular weight is 837 g/mol. The number of nitrogens with one attached hydrogen (secondary N) is 4. The highest BCUT2D eigenvalue weighted by molar-refractivity contribution is 5.88. The number of aromatic amines is 2. The number of alkyl carbamates (subject to hydrolysis) is 2. The summed E-state index contributed by atoms with van der Waals surface area (Å²) in [4.78, 5) is 72.6. The number of hydrogen-bond donors (Lipinski definition) is 4. The van der Waals surface area contributed by atoms with Crippen molar-refractivity contribution in [1.82, 2.24) is 40.4 Å². The molecule has 324 valence electrons. The number of fused-ring (bicyclic) bond motifs is 6. The van der Waals surface area contributed by atoms with Crippen molar-refractivity contribution in [3.05, 3.63) is 65.0 Å². The van der Waals surface area contributed by atoms with Gasteiger partial charge in [0.2, 0.25) is 11.8 Å². The molecule has 2 fully saturated rings. The predicted molar refractivity (Wildman–Crippen MR) is 225 cm³/mol. The van der Waals surface area contributed by atoms with Crippen molar-refractivity contribution >= 4 is 24.0 Å². The summed E-state index contributed by atoms with van der Waals surface area (Å²) in [7, 11) is 4.25. The average Bonchev–Trinajstić information content (AvgIpc) is 4.09. The van der Waals surface area contributed by atoms with Crippen LogP contribution in [0.25, 0.3) is 33.6 Å². The van der Waals surface area contributed by atoms with Crippen molar-refractivity contribution in [3.63, 3.8) is 0 Å². The van der Waals surface area contributed by atoms with Gasteiger partial charge in [0.15, 0.2) is 0 Å². The van der Waals surface area contributed by atoms with Crippen molar-refractivity contribution in [3.8, 4) is 39.4 Å². The van der Waals surface area contributed by atoms with Gasteiger partial charge in [-0.05, 0) is 84.4 Å². The highest BCUT2D eigenvalue weighted by Gasteiger charge is 2.43. The number of ether oxygens (including phenoxy) is 4. The summed E-state index contributed by atoms with van der Waals surface area (Å²) in [6.07, 6.45) is 4.42. The van der Waals surface area contributed by atoms with Crippen LogP contribution in [0.3, 0.4) is 0 Å². The summed E-state index contributed by atoms with van der Waals surface area (Å²) in [6.45, 7) is 9.59. The van der Waals surface area contributed by atoms with Crippen LogP contribution in [0.4, 0.5) is 9.59 Å². The van der Waals surface area contributed by atoms with Gasteiger partial charge in [0.05, 0.1) is 50.5 Å². The number of hydrogen-bond acceptors (Lipinski definition) is 10. The Morgan fingerprint density at radius 1 is 0.836 bits per heavy atom. The quantitative estimate of drug-likeness (QED) is 0.138. The lowest BCUT2D eigenvalue weighted by atomic mass is 9.86. The van der Waals surface area contributed by atoms with Gasteiger partial charge in [0.25, 0.3) is 0 Å². The van der Waals surface area contributed by atoms with Crippen LogP contribution in [0, 0.1) is 17.8 Å². The number of methoxy groups -OCH3 is 3. The van der Waals surface area contributed by atoms with Crippen LogP contribution in [-0.2, 0) is 43.2 Å². The van der Waals surface area contributed by atoms with E-state index < -0.39 is 24.3 Å². The second-order valence-corrected chi connectivity index (χ2v) is 17.3. The van der Waals surface area contributed by atoms with Crippen LogP contribution in [-0.4, -0.2) is 107 Å². The maximum Gasteiger partial charge on any atom is 0.407 e. The maximum atomic E-state index is 14.1. The summed E-state index contributed by atoms with van der Waals surface area (Å²) < 4.78 is 21.6. The molecule has 0 saturated carbocycles. The number of carbonyl (C=O) groups excluding carboxylic acids is 4. The molecule has 2 aromatic heterocycles. The minimum absolute atomic E-state index is 0.116. The first-order valence-electron chi connectivity index (χ1n) is 21.2. The number of H-pyrrole nitrogens is 2. The minimum atomic E-state index is -0.747. The highest BCUT2D eigenvalue weighted by atomic mass is 16.5. The van der Waals surface area contributed by atoms with Crippen LogP contribution in [0.5, 0.6) is 5.75 Å². The molecule has 8 rings (SSSR count). The summed E-state index contributed by atoms with van der Waals surface area (Å²) in [5.41, 5.74) is 9.11. The summed E-state index contributed by atoms with van der Waals surface area (Å²) in [5, 5.41) is 5.45. The lowest BCUT2D eigenvalue weighted by Gasteiger charge is -2.30. The lowest BCUT2D eigenvalue weighted by molar-refractivity contribution is -0.136. The molecule has 1 unspecified atom stereocenters. The van der Waals surface area contributed by atoms with Crippen LogP contribution < -0.4 is 15.4 Å². The number of nitrogens with zero attached hydrogens (tertiary/aromatic N) is 4. The molecule has 16 nitrogen and oxygen atoms in total. The molecule has 0 spiro atoms. The molecule has 4 amide bonds. The fourth-order valence-electron chi connectivity index (χ4n) is 9.44. The third-order valence-electron chi connectivity index (χ3n) is 12.6. The summed E-state index contributed by atoms with van der Waals surface area (Å²) in [5.74, 6) is 1.76. The zero-order valence-corrected chi connectivity index (χ0v) is 35.9. The first kappa shape index (κ1) is 41.8. The Bertz CT molecular complexity index is 2320. The normalized spacial score (nSPS) is 20.0. The number of amides is 4. The van der Waals surface area contributed by atoms with Crippen molar-refractivity contribution in [2.75, 3.05) is 41.0 Å². The molecular weight excluding hydrogens is 781 g/mol. The zero-order valence-electron chi connectivity index (χ0n) is 35.9. The largest absolute Gasteiger partial charge is 0.488 e. The van der Waals surface area contributed by atoms with Crippen LogP contribution >= 0.6 is 0 Å². The Balaban J connectivity index is 1.02. The molecule has 16 heteroatoms. The number of imidazole rings is 2. The number of benzene rings is 2. The Labute approximate surface area is 355 Å². The number of carbonyl (C=O) groups is 4. The van der Waals surface area contributed by atoms with Gasteiger partial charge in [0.1, 0.15) is 36.1 Å². The van der Waals surface area contributed by atoms with Gasteiger partial charge in [-0.3, -0.25) is 9.59 Å². The van der Waals surface area contributed by atoms with Gasteiger partial charge in [0, 0.05) is 42.9 Å². The predicted octanol–water partition coefficient (Wildman–Crippen LogP) is 6.09. The number of aryl methyl sites for hydroxylation is 2. The highest BCUT2D eigenvalue weighted by Crippen LogP contribution is 2.46. The Morgan fingerprint density at radius 3 is 2.25 bits per heavy atom. The third-order valence-corrected chi connectivity index (χ3v) is 12.6. The summed E-state index contributed by atoms with van der Waals surface area (Å²) >= 11 is 0. The number of likely N-dealkylation sites (tertiary alicyclic amines) is 2. The van der Waals surface area contributed by atoms with Crippen LogP contribution in [0.2, 0.25) is 0 Å². The van der Waals surface area contributed by atoms with E-state index in [1.807, 2.05) is 43.7 Å². The van der Waals surface area contributed by atoms with Crippen molar-refractivity contribution in [2.45, 2.75) is 90.6 Å². The molecule has 0 bridgehead atoms. The topological polar surface area (TPSA) is 193 Å². The molecule has 3 aliphatic heterocycles. The van der Waals surface area contributed by atoms with Gasteiger partial charge < -0.3 is 49.3 Å². The monoisotopic (exact) mass is 836 g/mol. The van der Waals surface area contributed by atoms with E-state index in [0.29, 0.717) is 38.5 Å². The van der Waals surface area contributed by atoms with Gasteiger partial charge in [-0.15, -0.1) is 0 Å². The molecule has 2 aromatic carbocycles.